The van der Waals surface area contributed by atoms with Crippen LogP contribution in [0.5, 0.6) is 0 Å². The van der Waals surface area contributed by atoms with E-state index >= 15 is 0 Å². The van der Waals surface area contributed by atoms with Gasteiger partial charge in [0, 0.05) is 5.56 Å². The molecule has 4 nitrogen and oxygen atoms in total. The second kappa shape index (κ2) is 4.37. The van der Waals surface area contributed by atoms with E-state index in [1.165, 1.54) is 5.56 Å². The maximum Gasteiger partial charge on any atom is 0.163 e. The maximum absolute atomic E-state index is 5.54. The summed E-state index contributed by atoms with van der Waals surface area (Å²) in [5.74, 6) is 2.02. The van der Waals surface area contributed by atoms with Crippen molar-refractivity contribution in [1.29, 1.82) is 0 Å². The number of hydrogen-bond donors (Lipinski definition) is 1. The molecule has 0 unspecified atom stereocenters. The zero-order valence-corrected chi connectivity index (χ0v) is 9.44. The fourth-order valence-corrected chi connectivity index (χ4v) is 1.54. The minimum absolute atomic E-state index is 0.335. The largest absolute Gasteiger partial charge is 0.324 e. The van der Waals surface area contributed by atoms with Crippen molar-refractivity contribution in [1.82, 2.24) is 15.0 Å². The molecular weight excluding hydrogens is 200 g/mol. The first-order valence-electron chi connectivity index (χ1n) is 5.17. The predicted octanol–water partition coefficient (Wildman–Crippen LogP) is 1.61. The minimum atomic E-state index is 0.335. The molecule has 0 fully saturated rings. The standard InChI is InChI=1S/C12H14N4/c1-8-4-3-5-10(6-8)12-15-9(2)14-11(7-13)16-12/h3-6H,7,13H2,1-2H3. The average Bonchev–Trinajstić information content (AvgIpc) is 2.28. The number of aromatic nitrogens is 3. The maximum atomic E-state index is 5.54. The molecule has 0 aliphatic rings. The van der Waals surface area contributed by atoms with Crippen LogP contribution < -0.4 is 5.73 Å². The van der Waals surface area contributed by atoms with Crippen molar-refractivity contribution in [3.8, 4) is 11.4 Å². The molecule has 1 aromatic carbocycles. The highest BCUT2D eigenvalue weighted by Crippen LogP contribution is 2.16. The lowest BCUT2D eigenvalue weighted by Gasteiger charge is -2.04. The third kappa shape index (κ3) is 2.23. The Labute approximate surface area is 94.6 Å². The Balaban J connectivity index is 2.51. The molecule has 0 saturated carbocycles. The van der Waals surface area contributed by atoms with Crippen molar-refractivity contribution in [3.63, 3.8) is 0 Å². The van der Waals surface area contributed by atoms with Crippen molar-refractivity contribution in [2.45, 2.75) is 20.4 Å². The molecule has 82 valence electrons. The molecule has 2 aromatic rings. The van der Waals surface area contributed by atoms with Crippen molar-refractivity contribution >= 4 is 0 Å². The van der Waals surface area contributed by atoms with Gasteiger partial charge < -0.3 is 5.73 Å². The average molecular weight is 214 g/mol. The molecular formula is C12H14N4. The smallest absolute Gasteiger partial charge is 0.163 e. The topological polar surface area (TPSA) is 64.7 Å². The molecule has 1 heterocycles. The Bertz CT molecular complexity index is 508. The van der Waals surface area contributed by atoms with Gasteiger partial charge in [-0.2, -0.15) is 0 Å². The molecule has 2 N–H and O–H groups in total. The van der Waals surface area contributed by atoms with Gasteiger partial charge in [-0.05, 0) is 19.9 Å². The van der Waals surface area contributed by atoms with Crippen LogP contribution in [0.2, 0.25) is 0 Å². The molecule has 0 aliphatic heterocycles. The number of benzene rings is 1. The summed E-state index contributed by atoms with van der Waals surface area (Å²) in [6.45, 7) is 4.23. The normalized spacial score (nSPS) is 10.4. The van der Waals surface area contributed by atoms with Crippen LogP contribution in [0.4, 0.5) is 0 Å². The van der Waals surface area contributed by atoms with Crippen LogP contribution in [0.15, 0.2) is 24.3 Å². The first-order chi connectivity index (χ1) is 7.69. The zero-order chi connectivity index (χ0) is 11.5. The Morgan fingerprint density at radius 1 is 1.12 bits per heavy atom. The Hall–Kier alpha value is -1.81. The molecule has 0 aliphatic carbocycles. The van der Waals surface area contributed by atoms with Crippen molar-refractivity contribution in [2.75, 3.05) is 0 Å². The second-order valence-corrected chi connectivity index (χ2v) is 3.70. The lowest BCUT2D eigenvalue weighted by Crippen LogP contribution is -2.07. The highest BCUT2D eigenvalue weighted by atomic mass is 15.0. The van der Waals surface area contributed by atoms with Crippen molar-refractivity contribution < 1.29 is 0 Å². The molecule has 2 rings (SSSR count). The lowest BCUT2D eigenvalue weighted by atomic mass is 10.1. The van der Waals surface area contributed by atoms with Crippen molar-refractivity contribution in [2.24, 2.45) is 5.73 Å². The Morgan fingerprint density at radius 2 is 1.94 bits per heavy atom. The van der Waals surface area contributed by atoms with E-state index in [1.54, 1.807) is 0 Å². The zero-order valence-electron chi connectivity index (χ0n) is 9.44. The summed E-state index contributed by atoms with van der Waals surface area (Å²) in [4.78, 5) is 12.8. The monoisotopic (exact) mass is 214 g/mol. The van der Waals surface area contributed by atoms with Gasteiger partial charge in [0.15, 0.2) is 5.82 Å². The summed E-state index contributed by atoms with van der Waals surface area (Å²) in [6.07, 6.45) is 0. The van der Waals surface area contributed by atoms with Gasteiger partial charge in [0.05, 0.1) is 6.54 Å². The SMILES string of the molecule is Cc1cccc(-c2nc(C)nc(CN)n2)c1. The first kappa shape index (κ1) is 10.7. The summed E-state index contributed by atoms with van der Waals surface area (Å²) < 4.78 is 0. The van der Waals surface area contributed by atoms with E-state index in [-0.39, 0.29) is 0 Å². The summed E-state index contributed by atoms with van der Waals surface area (Å²) in [5.41, 5.74) is 7.73. The van der Waals surface area contributed by atoms with Gasteiger partial charge in [-0.3, -0.25) is 0 Å². The third-order valence-electron chi connectivity index (χ3n) is 2.25. The van der Waals surface area contributed by atoms with Gasteiger partial charge >= 0.3 is 0 Å². The van der Waals surface area contributed by atoms with Gasteiger partial charge in [0.25, 0.3) is 0 Å². The van der Waals surface area contributed by atoms with Crippen LogP contribution in [-0.4, -0.2) is 15.0 Å². The van der Waals surface area contributed by atoms with E-state index < -0.39 is 0 Å². The second-order valence-electron chi connectivity index (χ2n) is 3.70. The third-order valence-corrected chi connectivity index (χ3v) is 2.25. The molecule has 0 bridgehead atoms. The lowest BCUT2D eigenvalue weighted by molar-refractivity contribution is 0.851. The van der Waals surface area contributed by atoms with Crippen LogP contribution in [0, 0.1) is 13.8 Å². The van der Waals surface area contributed by atoms with Gasteiger partial charge in [0.2, 0.25) is 0 Å². The number of nitrogens with zero attached hydrogens (tertiary/aromatic N) is 3. The highest BCUT2D eigenvalue weighted by Gasteiger charge is 2.05. The van der Waals surface area contributed by atoms with Gasteiger partial charge in [-0.25, -0.2) is 15.0 Å². The van der Waals surface area contributed by atoms with Gasteiger partial charge in [-0.1, -0.05) is 23.8 Å². The molecule has 0 amide bonds. The summed E-state index contributed by atoms with van der Waals surface area (Å²) >= 11 is 0. The number of rotatable bonds is 2. The van der Waals surface area contributed by atoms with E-state index in [4.69, 9.17) is 5.73 Å². The first-order valence-corrected chi connectivity index (χ1v) is 5.17. The van der Waals surface area contributed by atoms with Crippen LogP contribution in [0.25, 0.3) is 11.4 Å². The van der Waals surface area contributed by atoms with Crippen LogP contribution >= 0.6 is 0 Å². The molecule has 16 heavy (non-hydrogen) atoms. The summed E-state index contributed by atoms with van der Waals surface area (Å²) in [7, 11) is 0. The van der Waals surface area contributed by atoms with E-state index in [2.05, 4.69) is 21.0 Å². The quantitative estimate of drug-likeness (QED) is 0.825. The Morgan fingerprint density at radius 3 is 2.62 bits per heavy atom. The van der Waals surface area contributed by atoms with Crippen LogP contribution in [0.3, 0.4) is 0 Å². The number of nitrogens with two attached hydrogens (primary N) is 1. The van der Waals surface area contributed by atoms with Gasteiger partial charge in [-0.15, -0.1) is 0 Å². The molecule has 0 spiro atoms. The molecule has 0 radical (unpaired) electrons. The van der Waals surface area contributed by atoms with Crippen LogP contribution in [-0.2, 0) is 6.54 Å². The van der Waals surface area contributed by atoms with E-state index in [1.807, 2.05) is 32.0 Å². The van der Waals surface area contributed by atoms with E-state index in [0.717, 1.165) is 5.56 Å². The fraction of sp³-hybridized carbons (Fsp3) is 0.250. The molecule has 1 aromatic heterocycles. The number of aryl methyl sites for hydroxylation is 2. The van der Waals surface area contributed by atoms with Crippen molar-refractivity contribution in [3.05, 3.63) is 41.5 Å². The molecule has 0 atom stereocenters. The van der Waals surface area contributed by atoms with Crippen LogP contribution in [0.1, 0.15) is 17.2 Å². The molecule has 0 saturated heterocycles. The van der Waals surface area contributed by atoms with E-state index in [0.29, 0.717) is 24.0 Å². The van der Waals surface area contributed by atoms with Gasteiger partial charge in [0.1, 0.15) is 11.6 Å². The fourth-order valence-electron chi connectivity index (χ4n) is 1.54. The minimum Gasteiger partial charge on any atom is -0.324 e. The van der Waals surface area contributed by atoms with E-state index in [9.17, 15) is 0 Å². The summed E-state index contributed by atoms with van der Waals surface area (Å²) in [5, 5.41) is 0. The highest BCUT2D eigenvalue weighted by molar-refractivity contribution is 5.55. The number of hydrogen-bond acceptors (Lipinski definition) is 4. The predicted molar refractivity (Wildman–Crippen MR) is 62.6 cm³/mol. The molecule has 4 heteroatoms. The summed E-state index contributed by atoms with van der Waals surface area (Å²) in [6, 6.07) is 8.07. The Kier molecular flexibility index (Phi) is 2.92.